The largest absolute Gasteiger partial charge is 0.397 e. The number of nitrogens with zero attached hydrogens (tertiary/aromatic N) is 2. The van der Waals surface area contributed by atoms with Crippen molar-refractivity contribution in [1.82, 2.24) is 5.01 Å². The normalized spacial score (nSPS) is 17.9. The van der Waals surface area contributed by atoms with Crippen molar-refractivity contribution in [3.63, 3.8) is 0 Å². The number of nitrogens with one attached hydrogen (secondary N) is 1. The molecule has 2 heterocycles. The fourth-order valence-electron chi connectivity index (χ4n) is 3.61. The molecule has 0 aliphatic carbocycles. The molecule has 2 saturated heterocycles. The molecule has 0 saturated carbocycles. The predicted molar refractivity (Wildman–Crippen MR) is 112 cm³/mol. The average molecular weight is 353 g/mol. The molecular weight excluding hydrogens is 320 g/mol. The first-order valence-electron chi connectivity index (χ1n) is 9.99. The molecule has 2 aromatic carbocycles. The highest BCUT2D eigenvalue weighted by Crippen LogP contribution is 2.25. The minimum atomic E-state index is 0.907. The highest BCUT2D eigenvalue weighted by Gasteiger charge is 2.12. The topological polar surface area (TPSA) is 44.5 Å². The molecule has 0 radical (unpaired) electrons. The lowest BCUT2D eigenvalue weighted by atomic mass is 10.1. The van der Waals surface area contributed by atoms with E-state index in [9.17, 15) is 0 Å². The Morgan fingerprint density at radius 2 is 1.23 bits per heavy atom. The lowest BCUT2D eigenvalue weighted by Gasteiger charge is -2.29. The molecule has 0 amide bonds. The number of benzene rings is 2. The van der Waals surface area contributed by atoms with Crippen LogP contribution in [0.2, 0.25) is 0 Å². The number of hydrogen-bond acceptors (Lipinski definition) is 4. The summed E-state index contributed by atoms with van der Waals surface area (Å²) in [7, 11) is 0. The summed E-state index contributed by atoms with van der Waals surface area (Å²) < 4.78 is 0. The first kappa shape index (κ1) is 18.6. The molecule has 26 heavy (non-hydrogen) atoms. The summed E-state index contributed by atoms with van der Waals surface area (Å²) in [6.45, 7) is 4.67. The second-order valence-electron chi connectivity index (χ2n) is 7.13. The van der Waals surface area contributed by atoms with Gasteiger partial charge in [0.2, 0.25) is 0 Å². The first-order valence-corrected chi connectivity index (χ1v) is 9.99. The van der Waals surface area contributed by atoms with Crippen LogP contribution in [-0.4, -0.2) is 31.2 Å². The van der Waals surface area contributed by atoms with Crippen LogP contribution in [0.15, 0.2) is 54.6 Å². The SMILES string of the molecule is Nc1ccccc1N1CCCCC1.c1ccc(NN2CCCCC2)cc1. The molecule has 0 atom stereocenters. The van der Waals surface area contributed by atoms with Crippen molar-refractivity contribution in [2.45, 2.75) is 38.5 Å². The molecule has 0 bridgehead atoms. The van der Waals surface area contributed by atoms with Gasteiger partial charge >= 0.3 is 0 Å². The maximum absolute atomic E-state index is 5.91. The van der Waals surface area contributed by atoms with Gasteiger partial charge in [-0.25, -0.2) is 5.01 Å². The van der Waals surface area contributed by atoms with Gasteiger partial charge in [-0.1, -0.05) is 36.8 Å². The van der Waals surface area contributed by atoms with Crippen molar-refractivity contribution in [3.05, 3.63) is 54.6 Å². The lowest BCUT2D eigenvalue weighted by Crippen LogP contribution is -2.34. The van der Waals surface area contributed by atoms with Gasteiger partial charge in [-0.3, -0.25) is 0 Å². The van der Waals surface area contributed by atoms with E-state index in [1.807, 2.05) is 18.2 Å². The average Bonchev–Trinajstić information content (AvgIpc) is 2.71. The molecule has 2 aliphatic heterocycles. The smallest absolute Gasteiger partial charge is 0.0599 e. The summed E-state index contributed by atoms with van der Waals surface area (Å²) in [5, 5.41) is 2.30. The van der Waals surface area contributed by atoms with Crippen molar-refractivity contribution in [2.24, 2.45) is 0 Å². The van der Waals surface area contributed by atoms with Gasteiger partial charge in [0, 0.05) is 31.9 Å². The first-order chi connectivity index (χ1) is 12.8. The van der Waals surface area contributed by atoms with Crippen LogP contribution in [0.4, 0.5) is 17.1 Å². The van der Waals surface area contributed by atoms with E-state index in [-0.39, 0.29) is 0 Å². The van der Waals surface area contributed by atoms with Crippen LogP contribution in [-0.2, 0) is 0 Å². The van der Waals surface area contributed by atoms with E-state index in [0.29, 0.717) is 0 Å². The van der Waals surface area contributed by atoms with Gasteiger partial charge < -0.3 is 16.1 Å². The minimum absolute atomic E-state index is 0.907. The maximum atomic E-state index is 5.91. The third-order valence-corrected chi connectivity index (χ3v) is 5.05. The second-order valence-corrected chi connectivity index (χ2v) is 7.13. The molecule has 4 nitrogen and oxygen atoms in total. The summed E-state index contributed by atoms with van der Waals surface area (Å²) in [6, 6.07) is 18.5. The van der Waals surface area contributed by atoms with Gasteiger partial charge in [0.25, 0.3) is 0 Å². The zero-order valence-electron chi connectivity index (χ0n) is 15.7. The van der Waals surface area contributed by atoms with Gasteiger partial charge in [0.05, 0.1) is 11.4 Å². The van der Waals surface area contributed by atoms with Crippen LogP contribution < -0.4 is 16.1 Å². The third kappa shape index (κ3) is 5.67. The van der Waals surface area contributed by atoms with E-state index in [4.69, 9.17) is 5.73 Å². The molecule has 3 N–H and O–H groups in total. The summed E-state index contributed by atoms with van der Waals surface area (Å²) in [6.07, 6.45) is 7.98. The predicted octanol–water partition coefficient (Wildman–Crippen LogP) is 4.76. The Kier molecular flexibility index (Phi) is 7.20. The van der Waals surface area contributed by atoms with E-state index < -0.39 is 0 Å². The zero-order chi connectivity index (χ0) is 18.0. The van der Waals surface area contributed by atoms with Crippen molar-refractivity contribution in [2.75, 3.05) is 42.2 Å². The lowest BCUT2D eigenvalue weighted by molar-refractivity contribution is 0.273. The zero-order valence-corrected chi connectivity index (χ0v) is 15.7. The van der Waals surface area contributed by atoms with E-state index in [1.165, 1.54) is 63.0 Å². The van der Waals surface area contributed by atoms with Crippen molar-refractivity contribution < 1.29 is 0 Å². The minimum Gasteiger partial charge on any atom is -0.397 e. The van der Waals surface area contributed by atoms with Gasteiger partial charge in [-0.2, -0.15) is 0 Å². The Hall–Kier alpha value is -2.20. The number of hydrazine groups is 1. The molecule has 0 spiro atoms. The summed E-state index contributed by atoms with van der Waals surface area (Å²) in [5.74, 6) is 0. The fraction of sp³-hybridized carbons (Fsp3) is 0.455. The van der Waals surface area contributed by atoms with Crippen molar-refractivity contribution in [3.8, 4) is 0 Å². The number of rotatable bonds is 3. The number of nitrogen functional groups attached to an aromatic ring is 1. The molecule has 0 unspecified atom stereocenters. The maximum Gasteiger partial charge on any atom is 0.0599 e. The molecule has 2 fully saturated rings. The molecule has 2 aromatic rings. The van der Waals surface area contributed by atoms with Crippen LogP contribution in [0, 0.1) is 0 Å². The number of anilines is 3. The quantitative estimate of drug-likeness (QED) is 0.782. The van der Waals surface area contributed by atoms with Crippen LogP contribution >= 0.6 is 0 Å². The Morgan fingerprint density at radius 3 is 1.88 bits per heavy atom. The van der Waals surface area contributed by atoms with Crippen LogP contribution in [0.1, 0.15) is 38.5 Å². The summed E-state index contributed by atoms with van der Waals surface area (Å²) in [4.78, 5) is 2.39. The summed E-state index contributed by atoms with van der Waals surface area (Å²) in [5.41, 5.74) is 12.6. The second kappa shape index (κ2) is 10.1. The molecule has 4 heteroatoms. The Balaban J connectivity index is 0.000000151. The monoisotopic (exact) mass is 352 g/mol. The standard InChI is InChI=1S/2C11H16N2/c12-10-6-2-3-7-11(10)13-8-4-1-5-9-13;1-3-7-11(8-4-1)12-13-9-5-2-6-10-13/h2-3,6-7H,1,4-5,8-9,12H2;1,3-4,7-8,12H,2,5-6,9-10H2. The van der Waals surface area contributed by atoms with Crippen LogP contribution in [0.5, 0.6) is 0 Å². The Bertz CT molecular complexity index is 632. The molecule has 2 aliphatic rings. The van der Waals surface area contributed by atoms with E-state index in [1.54, 1.807) is 0 Å². The molecule has 4 rings (SSSR count). The molecule has 140 valence electrons. The van der Waals surface area contributed by atoms with Gasteiger partial charge in [0.15, 0.2) is 0 Å². The molecular formula is C22H32N4. The van der Waals surface area contributed by atoms with Gasteiger partial charge in [-0.15, -0.1) is 0 Å². The van der Waals surface area contributed by atoms with E-state index in [0.717, 1.165) is 18.8 Å². The fourth-order valence-corrected chi connectivity index (χ4v) is 3.61. The van der Waals surface area contributed by atoms with Crippen LogP contribution in [0.3, 0.4) is 0 Å². The van der Waals surface area contributed by atoms with Crippen molar-refractivity contribution in [1.29, 1.82) is 0 Å². The van der Waals surface area contributed by atoms with E-state index in [2.05, 4.69) is 51.7 Å². The number of piperidine rings is 2. The van der Waals surface area contributed by atoms with E-state index >= 15 is 0 Å². The highest BCUT2D eigenvalue weighted by atomic mass is 15.5. The Morgan fingerprint density at radius 1 is 0.654 bits per heavy atom. The Labute approximate surface area is 158 Å². The molecule has 0 aromatic heterocycles. The van der Waals surface area contributed by atoms with Crippen LogP contribution in [0.25, 0.3) is 0 Å². The number of nitrogens with two attached hydrogens (primary N) is 1. The van der Waals surface area contributed by atoms with Gasteiger partial charge in [0.1, 0.15) is 0 Å². The highest BCUT2D eigenvalue weighted by molar-refractivity contribution is 5.67. The third-order valence-electron chi connectivity index (χ3n) is 5.05. The van der Waals surface area contributed by atoms with Crippen molar-refractivity contribution >= 4 is 17.1 Å². The van der Waals surface area contributed by atoms with Gasteiger partial charge in [-0.05, 0) is 56.4 Å². The number of para-hydroxylation sites is 3. The summed E-state index contributed by atoms with van der Waals surface area (Å²) >= 11 is 0. The number of hydrogen-bond donors (Lipinski definition) is 2.